The van der Waals surface area contributed by atoms with Crippen molar-refractivity contribution in [2.75, 3.05) is 5.32 Å². The van der Waals surface area contributed by atoms with Crippen LogP contribution in [0.25, 0.3) is 0 Å². The monoisotopic (exact) mass is 316 g/mol. The lowest BCUT2D eigenvalue weighted by Gasteiger charge is -2.11. The van der Waals surface area contributed by atoms with Gasteiger partial charge in [0.2, 0.25) is 0 Å². The molecule has 0 amide bonds. The Labute approximate surface area is 123 Å². The molecule has 0 radical (unpaired) electrons. The van der Waals surface area contributed by atoms with Crippen molar-refractivity contribution in [3.8, 4) is 0 Å². The summed E-state index contributed by atoms with van der Waals surface area (Å²) in [6.07, 6.45) is 0. The van der Waals surface area contributed by atoms with Crippen molar-refractivity contribution in [1.29, 1.82) is 0 Å². The highest BCUT2D eigenvalue weighted by Crippen LogP contribution is 2.29. The summed E-state index contributed by atoms with van der Waals surface area (Å²) >= 11 is 10.4. The average molecular weight is 317 g/mol. The van der Waals surface area contributed by atoms with E-state index in [0.717, 1.165) is 12.1 Å². The number of nitrogens with two attached hydrogens (primary N) is 1. The average Bonchev–Trinajstić information content (AvgIpc) is 2.39. The molecule has 3 N–H and O–H groups in total. The largest absolute Gasteiger partial charge is 0.389 e. The molecular formula is C13H8ClF3N2S. The highest BCUT2D eigenvalue weighted by molar-refractivity contribution is 7.80. The Kier molecular flexibility index (Phi) is 4.15. The van der Waals surface area contributed by atoms with Crippen molar-refractivity contribution in [2.24, 2.45) is 5.73 Å². The van der Waals surface area contributed by atoms with Gasteiger partial charge in [0, 0.05) is 5.56 Å². The van der Waals surface area contributed by atoms with Crippen LogP contribution in [-0.2, 0) is 0 Å². The number of rotatable bonds is 3. The number of thiocarbonyl (C=S) groups is 1. The van der Waals surface area contributed by atoms with Crippen LogP contribution >= 0.6 is 23.8 Å². The predicted molar refractivity (Wildman–Crippen MR) is 76.9 cm³/mol. The zero-order valence-corrected chi connectivity index (χ0v) is 11.5. The van der Waals surface area contributed by atoms with Crippen LogP contribution < -0.4 is 11.1 Å². The second-order valence-electron chi connectivity index (χ2n) is 3.90. The molecular weight excluding hydrogens is 309 g/mol. The quantitative estimate of drug-likeness (QED) is 0.836. The smallest absolute Gasteiger partial charge is 0.182 e. The van der Waals surface area contributed by atoms with Crippen LogP contribution in [0.15, 0.2) is 30.3 Å². The number of hydrogen-bond acceptors (Lipinski definition) is 2. The maximum Gasteiger partial charge on any atom is 0.182 e. The van der Waals surface area contributed by atoms with Crippen LogP contribution in [0.1, 0.15) is 5.56 Å². The van der Waals surface area contributed by atoms with Crippen LogP contribution in [0.5, 0.6) is 0 Å². The fourth-order valence-electron chi connectivity index (χ4n) is 1.57. The maximum absolute atomic E-state index is 13.9. The lowest BCUT2D eigenvalue weighted by Crippen LogP contribution is -2.13. The van der Waals surface area contributed by atoms with E-state index in [1.165, 1.54) is 18.2 Å². The molecule has 2 aromatic carbocycles. The first-order valence-electron chi connectivity index (χ1n) is 5.40. The normalized spacial score (nSPS) is 10.4. The number of hydrogen-bond donors (Lipinski definition) is 2. The first-order valence-corrected chi connectivity index (χ1v) is 6.18. The summed E-state index contributed by atoms with van der Waals surface area (Å²) < 4.78 is 40.7. The van der Waals surface area contributed by atoms with Gasteiger partial charge in [-0.25, -0.2) is 13.2 Å². The van der Waals surface area contributed by atoms with E-state index in [9.17, 15) is 13.2 Å². The van der Waals surface area contributed by atoms with Gasteiger partial charge in [-0.1, -0.05) is 23.8 Å². The Hall–Kier alpha value is -1.79. The lowest BCUT2D eigenvalue weighted by molar-refractivity contribution is 0.510. The van der Waals surface area contributed by atoms with Gasteiger partial charge in [-0.15, -0.1) is 0 Å². The Bertz CT molecular complexity index is 692. The Morgan fingerprint density at radius 1 is 1.05 bits per heavy atom. The predicted octanol–water partition coefficient (Wildman–Crippen LogP) is 4.14. The summed E-state index contributed by atoms with van der Waals surface area (Å²) in [7, 11) is 0. The minimum atomic E-state index is -1.17. The van der Waals surface area contributed by atoms with Crippen LogP contribution in [-0.4, -0.2) is 4.99 Å². The molecule has 2 rings (SSSR count). The fourth-order valence-corrected chi connectivity index (χ4v) is 1.90. The third kappa shape index (κ3) is 2.86. The fraction of sp³-hybridized carbons (Fsp3) is 0. The lowest BCUT2D eigenvalue weighted by atomic mass is 10.1. The van der Waals surface area contributed by atoms with Crippen LogP contribution in [0.4, 0.5) is 24.5 Å². The highest BCUT2D eigenvalue weighted by Gasteiger charge is 2.15. The van der Waals surface area contributed by atoms with E-state index in [-0.39, 0.29) is 26.9 Å². The Balaban J connectivity index is 2.42. The molecule has 0 unspecified atom stereocenters. The zero-order chi connectivity index (χ0) is 14.9. The van der Waals surface area contributed by atoms with Gasteiger partial charge in [-0.2, -0.15) is 0 Å². The molecule has 2 aromatic rings. The molecule has 2 nitrogen and oxygen atoms in total. The van der Waals surface area contributed by atoms with Crippen LogP contribution in [0.3, 0.4) is 0 Å². The van der Waals surface area contributed by atoms with E-state index in [0.29, 0.717) is 0 Å². The van der Waals surface area contributed by atoms with Gasteiger partial charge in [0.15, 0.2) is 11.6 Å². The van der Waals surface area contributed by atoms with Crippen molar-refractivity contribution < 1.29 is 13.2 Å². The highest BCUT2D eigenvalue weighted by atomic mass is 35.5. The number of nitrogens with one attached hydrogen (secondary N) is 1. The second-order valence-corrected chi connectivity index (χ2v) is 4.75. The van der Waals surface area contributed by atoms with E-state index in [4.69, 9.17) is 17.3 Å². The van der Waals surface area contributed by atoms with Crippen molar-refractivity contribution in [1.82, 2.24) is 0 Å². The molecule has 0 saturated heterocycles. The van der Waals surface area contributed by atoms with Gasteiger partial charge >= 0.3 is 0 Å². The first kappa shape index (κ1) is 14.6. The standard InChI is InChI=1S/C13H8ClF3N2S/c14-8-3-1-6(15)5-10(8)19-9-4-2-7(13(18)20)11(16)12(9)17/h1-5,19H,(H2,18,20). The third-order valence-electron chi connectivity index (χ3n) is 2.55. The number of benzene rings is 2. The molecule has 0 aromatic heterocycles. The summed E-state index contributed by atoms with van der Waals surface area (Å²) in [5, 5.41) is 2.69. The molecule has 0 aliphatic carbocycles. The molecule has 20 heavy (non-hydrogen) atoms. The third-order valence-corrected chi connectivity index (χ3v) is 3.10. The van der Waals surface area contributed by atoms with E-state index in [1.54, 1.807) is 0 Å². The van der Waals surface area contributed by atoms with Crippen LogP contribution in [0.2, 0.25) is 5.02 Å². The molecule has 0 bridgehead atoms. The molecule has 0 fully saturated rings. The van der Waals surface area contributed by atoms with Gasteiger partial charge in [0.25, 0.3) is 0 Å². The molecule has 0 saturated carbocycles. The molecule has 0 atom stereocenters. The maximum atomic E-state index is 13.9. The molecule has 0 aliphatic rings. The zero-order valence-electron chi connectivity index (χ0n) is 9.88. The second kappa shape index (κ2) is 5.68. The van der Waals surface area contributed by atoms with Gasteiger partial charge in [-0.3, -0.25) is 0 Å². The minimum Gasteiger partial charge on any atom is -0.389 e. The van der Waals surface area contributed by atoms with Gasteiger partial charge in [0.05, 0.1) is 16.4 Å². The van der Waals surface area contributed by atoms with Crippen molar-refractivity contribution in [3.05, 3.63) is 58.4 Å². The van der Waals surface area contributed by atoms with Crippen molar-refractivity contribution in [3.63, 3.8) is 0 Å². The van der Waals surface area contributed by atoms with Crippen molar-refractivity contribution in [2.45, 2.75) is 0 Å². The van der Waals surface area contributed by atoms with E-state index < -0.39 is 17.5 Å². The minimum absolute atomic E-state index is 0.119. The van der Waals surface area contributed by atoms with Gasteiger partial charge in [-0.05, 0) is 30.3 Å². The van der Waals surface area contributed by atoms with Crippen LogP contribution in [0, 0.1) is 17.5 Å². The number of halogens is 4. The molecule has 0 spiro atoms. The summed E-state index contributed by atoms with van der Waals surface area (Å²) in [5.74, 6) is -2.90. The first-order chi connectivity index (χ1) is 9.40. The Morgan fingerprint density at radius 3 is 2.40 bits per heavy atom. The molecule has 0 aliphatic heterocycles. The summed E-state index contributed by atoms with van der Waals surface area (Å²) in [6, 6.07) is 6.00. The van der Waals surface area contributed by atoms with Crippen molar-refractivity contribution >= 4 is 40.2 Å². The summed E-state index contributed by atoms with van der Waals surface area (Å²) in [4.78, 5) is -0.253. The summed E-state index contributed by atoms with van der Waals surface area (Å²) in [5.41, 5.74) is 4.98. The molecule has 7 heteroatoms. The van der Waals surface area contributed by atoms with E-state index in [1.807, 2.05) is 0 Å². The van der Waals surface area contributed by atoms with Gasteiger partial charge < -0.3 is 11.1 Å². The topological polar surface area (TPSA) is 38.0 Å². The summed E-state index contributed by atoms with van der Waals surface area (Å²) in [6.45, 7) is 0. The SMILES string of the molecule is NC(=S)c1ccc(Nc2cc(F)ccc2Cl)c(F)c1F. The van der Waals surface area contributed by atoms with E-state index >= 15 is 0 Å². The van der Waals surface area contributed by atoms with E-state index in [2.05, 4.69) is 17.5 Å². The molecule has 0 heterocycles. The molecule has 104 valence electrons. The number of anilines is 2. The van der Waals surface area contributed by atoms with Gasteiger partial charge in [0.1, 0.15) is 10.8 Å². The Morgan fingerprint density at radius 2 is 1.75 bits per heavy atom.